The van der Waals surface area contributed by atoms with E-state index in [1.54, 1.807) is 24.3 Å². The van der Waals surface area contributed by atoms with Gasteiger partial charge in [-0.15, -0.1) is 0 Å². The number of nitrogens with one attached hydrogen (secondary N) is 1. The summed E-state index contributed by atoms with van der Waals surface area (Å²) in [7, 11) is 0. The Morgan fingerprint density at radius 2 is 2.22 bits per heavy atom. The Morgan fingerprint density at radius 3 is 2.87 bits per heavy atom. The predicted molar refractivity (Wildman–Crippen MR) is 84.5 cm³/mol. The molecule has 23 heavy (non-hydrogen) atoms. The number of halogens is 1. The first-order valence-electron chi connectivity index (χ1n) is 7.36. The third-order valence-corrected chi connectivity index (χ3v) is 3.16. The van der Waals surface area contributed by atoms with Crippen LogP contribution < -0.4 is 5.32 Å². The van der Waals surface area contributed by atoms with Crippen LogP contribution >= 0.6 is 0 Å². The number of pyridine rings is 1. The SMILES string of the molecule is CCOCC(O)CNC(=O)c1ccc(-c2cccc(F)c2)nc1. The summed E-state index contributed by atoms with van der Waals surface area (Å²) >= 11 is 0. The van der Waals surface area contributed by atoms with Gasteiger partial charge in [-0.1, -0.05) is 12.1 Å². The second kappa shape index (κ2) is 8.36. The summed E-state index contributed by atoms with van der Waals surface area (Å²) in [5.41, 5.74) is 1.59. The van der Waals surface area contributed by atoms with Gasteiger partial charge in [0, 0.05) is 24.9 Å². The van der Waals surface area contributed by atoms with E-state index in [1.165, 1.54) is 18.3 Å². The Kier molecular flexibility index (Phi) is 6.19. The zero-order valence-electron chi connectivity index (χ0n) is 12.8. The maximum Gasteiger partial charge on any atom is 0.252 e. The lowest BCUT2D eigenvalue weighted by Gasteiger charge is -2.11. The molecule has 0 spiro atoms. The van der Waals surface area contributed by atoms with Crippen LogP contribution in [0.2, 0.25) is 0 Å². The van der Waals surface area contributed by atoms with E-state index in [9.17, 15) is 14.3 Å². The van der Waals surface area contributed by atoms with E-state index in [1.807, 2.05) is 6.92 Å². The van der Waals surface area contributed by atoms with E-state index < -0.39 is 6.10 Å². The molecule has 6 heteroatoms. The van der Waals surface area contributed by atoms with Gasteiger partial charge in [-0.2, -0.15) is 0 Å². The van der Waals surface area contributed by atoms with Crippen molar-refractivity contribution in [3.05, 3.63) is 54.0 Å². The second-order valence-corrected chi connectivity index (χ2v) is 4.97. The third-order valence-electron chi connectivity index (χ3n) is 3.16. The summed E-state index contributed by atoms with van der Waals surface area (Å²) in [6.45, 7) is 2.62. The molecule has 1 amide bonds. The quantitative estimate of drug-likeness (QED) is 0.819. The number of ether oxygens (including phenoxy) is 1. The predicted octanol–water partition coefficient (Wildman–Crippen LogP) is 2.01. The van der Waals surface area contributed by atoms with E-state index in [0.717, 1.165) is 0 Å². The number of aromatic nitrogens is 1. The molecule has 2 aromatic rings. The van der Waals surface area contributed by atoms with E-state index in [-0.39, 0.29) is 24.9 Å². The molecule has 1 atom stereocenters. The molecule has 5 nitrogen and oxygen atoms in total. The molecule has 0 radical (unpaired) electrons. The van der Waals surface area contributed by atoms with Crippen LogP contribution in [0.3, 0.4) is 0 Å². The zero-order chi connectivity index (χ0) is 16.7. The Bertz CT molecular complexity index is 647. The average molecular weight is 318 g/mol. The van der Waals surface area contributed by atoms with Gasteiger partial charge in [0.2, 0.25) is 0 Å². The Hall–Kier alpha value is -2.31. The smallest absolute Gasteiger partial charge is 0.252 e. The lowest BCUT2D eigenvalue weighted by Crippen LogP contribution is -2.34. The molecule has 0 saturated carbocycles. The third kappa shape index (κ3) is 5.12. The lowest BCUT2D eigenvalue weighted by atomic mass is 10.1. The van der Waals surface area contributed by atoms with Crippen molar-refractivity contribution in [2.24, 2.45) is 0 Å². The number of rotatable bonds is 7. The Balaban J connectivity index is 1.95. The number of hydrogen-bond acceptors (Lipinski definition) is 4. The number of benzene rings is 1. The summed E-state index contributed by atoms with van der Waals surface area (Å²) in [6, 6.07) is 9.35. The molecule has 0 aliphatic rings. The first-order chi connectivity index (χ1) is 11.1. The number of carbonyl (C=O) groups is 1. The van der Waals surface area contributed by atoms with Gasteiger partial charge in [0.25, 0.3) is 5.91 Å². The van der Waals surface area contributed by atoms with Crippen LogP contribution in [0.5, 0.6) is 0 Å². The maximum atomic E-state index is 13.2. The minimum absolute atomic E-state index is 0.102. The summed E-state index contributed by atoms with van der Waals surface area (Å²) in [4.78, 5) is 16.1. The number of amides is 1. The van der Waals surface area contributed by atoms with Crippen molar-refractivity contribution in [3.63, 3.8) is 0 Å². The summed E-state index contributed by atoms with van der Waals surface area (Å²) in [5.74, 6) is -0.673. The molecule has 2 rings (SSSR count). The minimum Gasteiger partial charge on any atom is -0.389 e. The summed E-state index contributed by atoms with van der Waals surface area (Å²) in [6.07, 6.45) is 0.670. The van der Waals surface area contributed by atoms with Gasteiger partial charge in [0.15, 0.2) is 0 Å². The Morgan fingerprint density at radius 1 is 1.39 bits per heavy atom. The highest BCUT2D eigenvalue weighted by atomic mass is 19.1. The van der Waals surface area contributed by atoms with Crippen molar-refractivity contribution in [3.8, 4) is 11.3 Å². The number of carbonyl (C=O) groups excluding carboxylic acids is 1. The van der Waals surface area contributed by atoms with Gasteiger partial charge in [-0.25, -0.2) is 4.39 Å². The molecule has 122 valence electrons. The molecular formula is C17H19FN2O3. The highest BCUT2D eigenvalue weighted by molar-refractivity contribution is 5.94. The molecule has 1 heterocycles. The fourth-order valence-corrected chi connectivity index (χ4v) is 1.97. The van der Waals surface area contributed by atoms with E-state index in [0.29, 0.717) is 23.4 Å². The monoisotopic (exact) mass is 318 g/mol. The van der Waals surface area contributed by atoms with E-state index in [4.69, 9.17) is 4.74 Å². The minimum atomic E-state index is -0.751. The van der Waals surface area contributed by atoms with Crippen LogP contribution in [-0.4, -0.2) is 41.9 Å². The first kappa shape index (κ1) is 17.1. The van der Waals surface area contributed by atoms with Crippen molar-refractivity contribution in [2.45, 2.75) is 13.0 Å². The zero-order valence-corrected chi connectivity index (χ0v) is 12.8. The molecule has 1 unspecified atom stereocenters. The van der Waals surface area contributed by atoms with Gasteiger partial charge in [0.1, 0.15) is 5.82 Å². The van der Waals surface area contributed by atoms with Gasteiger partial charge in [-0.05, 0) is 31.2 Å². The molecular weight excluding hydrogens is 299 g/mol. The number of hydrogen-bond donors (Lipinski definition) is 2. The number of aliphatic hydroxyl groups excluding tert-OH is 1. The molecule has 0 bridgehead atoms. The molecule has 0 fully saturated rings. The molecule has 0 saturated heterocycles. The van der Waals surface area contributed by atoms with Crippen molar-refractivity contribution in [2.75, 3.05) is 19.8 Å². The van der Waals surface area contributed by atoms with Crippen molar-refractivity contribution >= 4 is 5.91 Å². The van der Waals surface area contributed by atoms with E-state index in [2.05, 4.69) is 10.3 Å². The first-order valence-corrected chi connectivity index (χ1v) is 7.36. The van der Waals surface area contributed by atoms with Gasteiger partial charge < -0.3 is 15.2 Å². The number of nitrogens with zero attached hydrogens (tertiary/aromatic N) is 1. The largest absolute Gasteiger partial charge is 0.389 e. The van der Waals surface area contributed by atoms with Crippen LogP contribution in [0, 0.1) is 5.82 Å². The topological polar surface area (TPSA) is 71.5 Å². The Labute approximate surface area is 134 Å². The van der Waals surface area contributed by atoms with Crippen LogP contribution in [0.25, 0.3) is 11.3 Å². The highest BCUT2D eigenvalue weighted by Crippen LogP contribution is 2.17. The van der Waals surface area contributed by atoms with Crippen LogP contribution in [0.4, 0.5) is 4.39 Å². The molecule has 1 aromatic heterocycles. The van der Waals surface area contributed by atoms with Crippen LogP contribution in [0.1, 0.15) is 17.3 Å². The second-order valence-electron chi connectivity index (χ2n) is 4.97. The summed E-state index contributed by atoms with van der Waals surface area (Å²) < 4.78 is 18.3. The van der Waals surface area contributed by atoms with Gasteiger partial charge in [0.05, 0.1) is 24.0 Å². The van der Waals surface area contributed by atoms with Crippen LogP contribution in [0.15, 0.2) is 42.6 Å². The average Bonchev–Trinajstić information content (AvgIpc) is 2.58. The highest BCUT2D eigenvalue weighted by Gasteiger charge is 2.10. The van der Waals surface area contributed by atoms with Crippen molar-refractivity contribution < 1.29 is 19.0 Å². The fraction of sp³-hybridized carbons (Fsp3) is 0.294. The maximum absolute atomic E-state index is 13.2. The fourth-order valence-electron chi connectivity index (χ4n) is 1.97. The van der Waals surface area contributed by atoms with Crippen molar-refractivity contribution in [1.82, 2.24) is 10.3 Å². The molecule has 2 N–H and O–H groups in total. The normalized spacial score (nSPS) is 12.0. The molecule has 0 aliphatic heterocycles. The lowest BCUT2D eigenvalue weighted by molar-refractivity contribution is 0.0418. The van der Waals surface area contributed by atoms with E-state index >= 15 is 0 Å². The van der Waals surface area contributed by atoms with Gasteiger partial charge in [-0.3, -0.25) is 9.78 Å². The van der Waals surface area contributed by atoms with Gasteiger partial charge >= 0.3 is 0 Å². The number of aliphatic hydroxyl groups is 1. The molecule has 1 aromatic carbocycles. The standard InChI is InChI=1S/C17H19FN2O3/c1-2-23-11-15(21)10-20-17(22)13-6-7-16(19-9-13)12-4-3-5-14(18)8-12/h3-9,15,21H,2,10-11H2,1H3,(H,20,22). The molecule has 0 aliphatic carbocycles. The summed E-state index contributed by atoms with van der Waals surface area (Å²) in [5, 5.41) is 12.2. The van der Waals surface area contributed by atoms with Crippen molar-refractivity contribution in [1.29, 1.82) is 0 Å². The van der Waals surface area contributed by atoms with Crippen LogP contribution in [-0.2, 0) is 4.74 Å².